The number of benzene rings is 1. The third kappa shape index (κ3) is 2.48. The number of rotatable bonds is 3. The fraction of sp³-hybridized carbons (Fsp3) is 0.222. The van der Waals surface area contributed by atoms with E-state index in [1.165, 1.54) is 7.05 Å². The number of halogens is 1. The number of carboxylic acids is 1. The third-order valence-electron chi connectivity index (χ3n) is 2.03. The Labute approximate surface area is 92.2 Å². The van der Waals surface area contributed by atoms with Crippen LogP contribution in [0.25, 0.3) is 0 Å². The molecule has 5 nitrogen and oxygen atoms in total. The zero-order valence-electron chi connectivity index (χ0n) is 8.64. The molecule has 7 heteroatoms. The van der Waals surface area contributed by atoms with Crippen molar-refractivity contribution in [3.63, 3.8) is 0 Å². The van der Waals surface area contributed by atoms with Crippen LogP contribution >= 0.6 is 0 Å². The molecule has 1 rings (SSSR count). The van der Waals surface area contributed by atoms with Gasteiger partial charge in [-0.1, -0.05) is 0 Å². The Morgan fingerprint density at radius 2 is 2.00 bits per heavy atom. The predicted octanol–water partition coefficient (Wildman–Crippen LogP) is 0.920. The molecule has 0 heterocycles. The monoisotopic (exact) mass is 247 g/mol. The minimum absolute atomic E-state index is 0.187. The van der Waals surface area contributed by atoms with Gasteiger partial charge in [-0.25, -0.2) is 17.6 Å². The summed E-state index contributed by atoms with van der Waals surface area (Å²) in [4.78, 5) is 10.5. The first kappa shape index (κ1) is 12.4. The van der Waals surface area contributed by atoms with Gasteiger partial charge in [-0.05, 0) is 18.2 Å². The van der Waals surface area contributed by atoms with Gasteiger partial charge in [0.25, 0.3) is 0 Å². The fourth-order valence-corrected chi connectivity index (χ4v) is 1.58. The second-order valence-corrected chi connectivity index (χ2v) is 5.22. The molecule has 0 atom stereocenters. The molecule has 0 unspecified atom stereocenters. The number of sulfonamides is 1. The molecular formula is C9H10FNO4S. The highest BCUT2D eigenvalue weighted by Gasteiger charge is 2.17. The quantitative estimate of drug-likeness (QED) is 0.861. The van der Waals surface area contributed by atoms with E-state index in [9.17, 15) is 17.6 Å². The van der Waals surface area contributed by atoms with Gasteiger partial charge in [-0.15, -0.1) is 0 Å². The lowest BCUT2D eigenvalue weighted by atomic mass is 10.2. The van der Waals surface area contributed by atoms with Crippen LogP contribution in [0.3, 0.4) is 0 Å². The molecule has 0 aromatic heterocycles. The van der Waals surface area contributed by atoms with Gasteiger partial charge in [0.15, 0.2) is 0 Å². The first-order valence-corrected chi connectivity index (χ1v) is 6.05. The van der Waals surface area contributed by atoms with Gasteiger partial charge in [0, 0.05) is 7.05 Å². The Balaban J connectivity index is 3.24. The summed E-state index contributed by atoms with van der Waals surface area (Å²) in [6, 6.07) is 3.03. The van der Waals surface area contributed by atoms with Crippen LogP contribution in [0.2, 0.25) is 0 Å². The van der Waals surface area contributed by atoms with Crippen molar-refractivity contribution < 1.29 is 22.7 Å². The Hall–Kier alpha value is -1.63. The summed E-state index contributed by atoms with van der Waals surface area (Å²) < 4.78 is 36.5. The van der Waals surface area contributed by atoms with Crippen LogP contribution in [0, 0.1) is 5.82 Å². The van der Waals surface area contributed by atoms with Crippen molar-refractivity contribution in [2.24, 2.45) is 0 Å². The standard InChI is InChI=1S/C9H10FNO4S/c1-11(16(2,14)15)8-4-3-6(9(12)13)5-7(8)10/h3-5H,1-2H3,(H,12,13). The smallest absolute Gasteiger partial charge is 0.335 e. The lowest BCUT2D eigenvalue weighted by Gasteiger charge is -2.17. The molecule has 0 aliphatic heterocycles. The van der Waals surface area contributed by atoms with Crippen molar-refractivity contribution in [1.82, 2.24) is 0 Å². The van der Waals surface area contributed by atoms with Crippen LogP contribution in [0.5, 0.6) is 0 Å². The maximum Gasteiger partial charge on any atom is 0.335 e. The molecule has 0 aliphatic carbocycles. The molecule has 0 fully saturated rings. The molecule has 0 saturated carbocycles. The fourth-order valence-electron chi connectivity index (χ4n) is 1.07. The van der Waals surface area contributed by atoms with Gasteiger partial charge >= 0.3 is 5.97 Å². The highest BCUT2D eigenvalue weighted by Crippen LogP contribution is 2.21. The largest absolute Gasteiger partial charge is 0.478 e. The molecule has 0 bridgehead atoms. The number of hydrogen-bond acceptors (Lipinski definition) is 3. The summed E-state index contributed by atoms with van der Waals surface area (Å²) in [5.74, 6) is -2.17. The van der Waals surface area contributed by atoms with Gasteiger partial charge in [-0.3, -0.25) is 4.31 Å². The molecule has 0 saturated heterocycles. The van der Waals surface area contributed by atoms with Gasteiger partial charge in [0.1, 0.15) is 5.82 Å². The summed E-state index contributed by atoms with van der Waals surface area (Å²) in [7, 11) is -2.38. The van der Waals surface area contributed by atoms with Crippen LogP contribution in [0.15, 0.2) is 18.2 Å². The van der Waals surface area contributed by atoms with E-state index in [1.54, 1.807) is 0 Å². The van der Waals surface area contributed by atoms with E-state index in [0.717, 1.165) is 28.8 Å². The van der Waals surface area contributed by atoms with Crippen LogP contribution in [0.4, 0.5) is 10.1 Å². The molecule has 0 spiro atoms. The van der Waals surface area contributed by atoms with E-state index < -0.39 is 21.8 Å². The zero-order chi connectivity index (χ0) is 12.5. The van der Waals surface area contributed by atoms with Crippen molar-refractivity contribution in [2.75, 3.05) is 17.6 Å². The second kappa shape index (κ2) is 4.09. The minimum Gasteiger partial charge on any atom is -0.478 e. The van der Waals surface area contributed by atoms with Gasteiger partial charge < -0.3 is 5.11 Å². The molecule has 0 radical (unpaired) electrons. The average Bonchev–Trinajstić information content (AvgIpc) is 2.15. The molecular weight excluding hydrogens is 237 g/mol. The summed E-state index contributed by atoms with van der Waals surface area (Å²) in [6.45, 7) is 0. The number of nitrogens with zero attached hydrogens (tertiary/aromatic N) is 1. The highest BCUT2D eigenvalue weighted by molar-refractivity contribution is 7.92. The first-order chi connectivity index (χ1) is 7.23. The van der Waals surface area contributed by atoms with Gasteiger partial charge in [0.05, 0.1) is 17.5 Å². The Morgan fingerprint density at radius 1 is 1.44 bits per heavy atom. The maximum atomic E-state index is 13.4. The molecule has 88 valence electrons. The number of carbonyl (C=O) groups is 1. The maximum absolute atomic E-state index is 13.4. The second-order valence-electron chi connectivity index (χ2n) is 3.20. The van der Waals surface area contributed by atoms with Crippen LogP contribution < -0.4 is 4.31 Å². The summed E-state index contributed by atoms with van der Waals surface area (Å²) in [6.07, 6.45) is 0.928. The predicted molar refractivity (Wildman–Crippen MR) is 56.6 cm³/mol. The number of carboxylic acid groups (broad SMARTS) is 1. The van der Waals surface area contributed by atoms with E-state index in [2.05, 4.69) is 0 Å². The normalized spacial score (nSPS) is 11.2. The lowest BCUT2D eigenvalue weighted by Crippen LogP contribution is -2.25. The van der Waals surface area contributed by atoms with Crippen molar-refractivity contribution >= 4 is 21.7 Å². The number of aromatic carboxylic acids is 1. The lowest BCUT2D eigenvalue weighted by molar-refractivity contribution is 0.0696. The van der Waals surface area contributed by atoms with E-state index >= 15 is 0 Å². The van der Waals surface area contributed by atoms with E-state index in [-0.39, 0.29) is 11.3 Å². The summed E-state index contributed by atoms with van der Waals surface area (Å²) >= 11 is 0. The van der Waals surface area contributed by atoms with E-state index in [0.29, 0.717) is 0 Å². The van der Waals surface area contributed by atoms with E-state index in [1.807, 2.05) is 0 Å². The van der Waals surface area contributed by atoms with Crippen molar-refractivity contribution in [1.29, 1.82) is 0 Å². The van der Waals surface area contributed by atoms with Crippen molar-refractivity contribution in [3.05, 3.63) is 29.6 Å². The summed E-state index contributed by atoms with van der Waals surface area (Å²) in [5, 5.41) is 8.60. The molecule has 0 aliphatic rings. The summed E-state index contributed by atoms with van der Waals surface area (Å²) in [5.41, 5.74) is -0.421. The molecule has 1 aromatic rings. The Morgan fingerprint density at radius 3 is 2.38 bits per heavy atom. The number of anilines is 1. The molecule has 0 amide bonds. The average molecular weight is 247 g/mol. The molecule has 16 heavy (non-hydrogen) atoms. The Bertz CT molecular complexity index is 526. The van der Waals surface area contributed by atoms with Crippen LogP contribution in [0.1, 0.15) is 10.4 Å². The third-order valence-corrected chi connectivity index (χ3v) is 3.22. The topological polar surface area (TPSA) is 74.7 Å². The SMILES string of the molecule is CN(c1ccc(C(=O)O)cc1F)S(C)(=O)=O. The molecule has 1 aromatic carbocycles. The first-order valence-electron chi connectivity index (χ1n) is 4.20. The minimum atomic E-state index is -3.57. The van der Waals surface area contributed by atoms with E-state index in [4.69, 9.17) is 5.11 Å². The van der Waals surface area contributed by atoms with Gasteiger partial charge in [0.2, 0.25) is 10.0 Å². The number of hydrogen-bond donors (Lipinski definition) is 1. The zero-order valence-corrected chi connectivity index (χ0v) is 9.45. The highest BCUT2D eigenvalue weighted by atomic mass is 32.2. The Kier molecular flexibility index (Phi) is 3.18. The molecule has 1 N–H and O–H groups in total. The van der Waals surface area contributed by atoms with Crippen molar-refractivity contribution in [2.45, 2.75) is 0 Å². The van der Waals surface area contributed by atoms with Gasteiger partial charge in [-0.2, -0.15) is 0 Å². The van der Waals surface area contributed by atoms with Crippen LogP contribution in [-0.2, 0) is 10.0 Å². The van der Waals surface area contributed by atoms with Crippen molar-refractivity contribution in [3.8, 4) is 0 Å². The van der Waals surface area contributed by atoms with Crippen LogP contribution in [-0.4, -0.2) is 32.8 Å².